The standard InChI is InChI=1S/C23H23N3O2S/c1-17-8-3-6-13-22(17)29(27,28)25-19-10-7-9-18(16-19)14-15-23-24-20-11-4-5-12-21(20)26(23)2/h3-13,16,25H,14-15H2,1-2H3. The van der Waals surface area contributed by atoms with Crippen LogP contribution in [0.5, 0.6) is 0 Å². The largest absolute Gasteiger partial charge is 0.331 e. The Morgan fingerprint density at radius 2 is 1.69 bits per heavy atom. The second-order valence-corrected chi connectivity index (χ2v) is 8.80. The number of hydrogen-bond donors (Lipinski definition) is 1. The summed E-state index contributed by atoms with van der Waals surface area (Å²) in [5.74, 6) is 1.01. The number of imidazole rings is 1. The van der Waals surface area contributed by atoms with Gasteiger partial charge in [0, 0.05) is 19.2 Å². The smallest absolute Gasteiger partial charge is 0.262 e. The first-order valence-corrected chi connectivity index (χ1v) is 11.0. The minimum atomic E-state index is -3.62. The van der Waals surface area contributed by atoms with Gasteiger partial charge in [0.2, 0.25) is 0 Å². The first-order valence-electron chi connectivity index (χ1n) is 9.52. The monoisotopic (exact) mass is 405 g/mol. The number of nitrogens with one attached hydrogen (secondary N) is 1. The SMILES string of the molecule is Cc1ccccc1S(=O)(=O)Nc1cccc(CCc2nc3ccccc3n2C)c1. The van der Waals surface area contributed by atoms with Gasteiger partial charge in [0.25, 0.3) is 10.0 Å². The third kappa shape index (κ3) is 4.03. The van der Waals surface area contributed by atoms with Gasteiger partial charge in [-0.3, -0.25) is 4.72 Å². The van der Waals surface area contributed by atoms with Gasteiger partial charge >= 0.3 is 0 Å². The number of benzene rings is 3. The molecule has 29 heavy (non-hydrogen) atoms. The lowest BCUT2D eigenvalue weighted by atomic mass is 10.1. The van der Waals surface area contributed by atoms with E-state index in [0.717, 1.165) is 40.8 Å². The fourth-order valence-corrected chi connectivity index (χ4v) is 4.83. The first kappa shape index (κ1) is 19.2. The number of para-hydroxylation sites is 2. The van der Waals surface area contributed by atoms with Crippen LogP contribution in [0.4, 0.5) is 5.69 Å². The summed E-state index contributed by atoms with van der Waals surface area (Å²) in [6.45, 7) is 1.79. The van der Waals surface area contributed by atoms with E-state index in [1.165, 1.54) is 0 Å². The van der Waals surface area contributed by atoms with Gasteiger partial charge in [-0.15, -0.1) is 0 Å². The van der Waals surface area contributed by atoms with Crippen molar-refractivity contribution in [1.29, 1.82) is 0 Å². The molecule has 0 bridgehead atoms. The molecule has 4 aromatic rings. The molecule has 5 nitrogen and oxygen atoms in total. The minimum Gasteiger partial charge on any atom is -0.331 e. The second-order valence-electron chi connectivity index (χ2n) is 7.15. The zero-order chi connectivity index (χ0) is 20.4. The summed E-state index contributed by atoms with van der Waals surface area (Å²) in [7, 11) is -1.59. The highest BCUT2D eigenvalue weighted by Crippen LogP contribution is 2.21. The van der Waals surface area contributed by atoms with E-state index in [4.69, 9.17) is 4.98 Å². The van der Waals surface area contributed by atoms with E-state index in [1.54, 1.807) is 31.2 Å². The number of sulfonamides is 1. The summed E-state index contributed by atoms with van der Waals surface area (Å²) < 4.78 is 30.3. The quantitative estimate of drug-likeness (QED) is 0.515. The molecule has 0 saturated carbocycles. The maximum absolute atomic E-state index is 12.7. The molecule has 0 aliphatic rings. The van der Waals surface area contributed by atoms with Crippen molar-refractivity contribution in [2.24, 2.45) is 7.05 Å². The molecular weight excluding hydrogens is 382 g/mol. The van der Waals surface area contributed by atoms with Crippen LogP contribution >= 0.6 is 0 Å². The number of nitrogens with zero attached hydrogens (tertiary/aromatic N) is 2. The van der Waals surface area contributed by atoms with Crippen molar-refractivity contribution in [3.63, 3.8) is 0 Å². The zero-order valence-electron chi connectivity index (χ0n) is 16.5. The molecule has 6 heteroatoms. The molecule has 0 unspecified atom stereocenters. The summed E-state index contributed by atoms with van der Waals surface area (Å²) in [6, 6.07) is 22.6. The van der Waals surface area contributed by atoms with Crippen molar-refractivity contribution in [2.45, 2.75) is 24.7 Å². The molecule has 148 valence electrons. The molecule has 1 N–H and O–H groups in total. The summed E-state index contributed by atoms with van der Waals surface area (Å²) in [4.78, 5) is 5.01. The van der Waals surface area contributed by atoms with Crippen LogP contribution in [-0.4, -0.2) is 18.0 Å². The molecule has 0 saturated heterocycles. The van der Waals surface area contributed by atoms with Crippen molar-refractivity contribution in [2.75, 3.05) is 4.72 Å². The van der Waals surface area contributed by atoms with Gasteiger partial charge in [0.1, 0.15) is 5.82 Å². The number of rotatable bonds is 6. The molecule has 0 atom stereocenters. The number of aryl methyl sites for hydroxylation is 4. The molecule has 0 amide bonds. The number of aromatic nitrogens is 2. The Hall–Kier alpha value is -3.12. The van der Waals surface area contributed by atoms with Gasteiger partial charge in [-0.1, -0.05) is 42.5 Å². The summed E-state index contributed by atoms with van der Waals surface area (Å²) >= 11 is 0. The molecule has 3 aromatic carbocycles. The van der Waals surface area contributed by atoms with Crippen LogP contribution in [0.3, 0.4) is 0 Å². The lowest BCUT2D eigenvalue weighted by Gasteiger charge is -2.11. The average Bonchev–Trinajstić information content (AvgIpc) is 3.02. The van der Waals surface area contributed by atoms with Crippen LogP contribution in [0, 0.1) is 6.92 Å². The van der Waals surface area contributed by atoms with E-state index in [0.29, 0.717) is 10.6 Å². The zero-order valence-corrected chi connectivity index (χ0v) is 17.3. The van der Waals surface area contributed by atoms with Crippen LogP contribution in [0.2, 0.25) is 0 Å². The van der Waals surface area contributed by atoms with Crippen LogP contribution in [0.25, 0.3) is 11.0 Å². The van der Waals surface area contributed by atoms with Gasteiger partial charge in [0.15, 0.2) is 0 Å². The van der Waals surface area contributed by atoms with E-state index in [2.05, 4.69) is 15.4 Å². The van der Waals surface area contributed by atoms with Gasteiger partial charge in [-0.25, -0.2) is 13.4 Å². The average molecular weight is 406 g/mol. The molecular formula is C23H23N3O2S. The van der Waals surface area contributed by atoms with Crippen molar-refractivity contribution in [3.05, 3.63) is 89.7 Å². The highest BCUT2D eigenvalue weighted by atomic mass is 32.2. The summed E-state index contributed by atoms with van der Waals surface area (Å²) in [5, 5.41) is 0. The van der Waals surface area contributed by atoms with Crippen molar-refractivity contribution in [3.8, 4) is 0 Å². The minimum absolute atomic E-state index is 0.296. The Morgan fingerprint density at radius 1 is 0.931 bits per heavy atom. The van der Waals surface area contributed by atoms with E-state index >= 15 is 0 Å². The van der Waals surface area contributed by atoms with Gasteiger partial charge < -0.3 is 4.57 Å². The first-order chi connectivity index (χ1) is 13.9. The highest BCUT2D eigenvalue weighted by Gasteiger charge is 2.16. The number of anilines is 1. The highest BCUT2D eigenvalue weighted by molar-refractivity contribution is 7.92. The van der Waals surface area contributed by atoms with Crippen molar-refractivity contribution < 1.29 is 8.42 Å². The third-order valence-corrected chi connectivity index (χ3v) is 6.62. The second kappa shape index (κ2) is 7.72. The van der Waals surface area contributed by atoms with Crippen molar-refractivity contribution in [1.82, 2.24) is 9.55 Å². The molecule has 0 radical (unpaired) electrons. The normalized spacial score (nSPS) is 11.7. The van der Waals surface area contributed by atoms with E-state index in [-0.39, 0.29) is 0 Å². The number of hydrogen-bond acceptors (Lipinski definition) is 3. The topological polar surface area (TPSA) is 64.0 Å². The predicted molar refractivity (Wildman–Crippen MR) is 117 cm³/mol. The molecule has 0 aliphatic heterocycles. The molecule has 4 rings (SSSR count). The Morgan fingerprint density at radius 3 is 2.48 bits per heavy atom. The Labute approximate surface area is 171 Å². The van der Waals surface area contributed by atoms with E-state index < -0.39 is 10.0 Å². The van der Waals surface area contributed by atoms with Gasteiger partial charge in [-0.05, 0) is 54.8 Å². The third-order valence-electron chi connectivity index (χ3n) is 5.08. The van der Waals surface area contributed by atoms with Crippen LogP contribution in [0.15, 0.2) is 77.7 Å². The van der Waals surface area contributed by atoms with E-state index in [1.807, 2.05) is 49.5 Å². The molecule has 0 aliphatic carbocycles. The van der Waals surface area contributed by atoms with Crippen LogP contribution < -0.4 is 4.72 Å². The van der Waals surface area contributed by atoms with Crippen molar-refractivity contribution >= 4 is 26.7 Å². The van der Waals surface area contributed by atoms with E-state index in [9.17, 15) is 8.42 Å². The lowest BCUT2D eigenvalue weighted by molar-refractivity contribution is 0.600. The fraction of sp³-hybridized carbons (Fsp3) is 0.174. The molecule has 0 spiro atoms. The van der Waals surface area contributed by atoms with Gasteiger partial charge in [-0.2, -0.15) is 0 Å². The maximum Gasteiger partial charge on any atom is 0.262 e. The Bertz CT molecular complexity index is 1280. The summed E-state index contributed by atoms with van der Waals surface area (Å²) in [5.41, 5.74) is 4.45. The molecule has 0 fully saturated rings. The van der Waals surface area contributed by atoms with Crippen LogP contribution in [0.1, 0.15) is 17.0 Å². The van der Waals surface area contributed by atoms with Crippen LogP contribution in [-0.2, 0) is 29.9 Å². The Kier molecular flexibility index (Phi) is 5.11. The Balaban J connectivity index is 1.51. The maximum atomic E-state index is 12.7. The fourth-order valence-electron chi connectivity index (χ4n) is 3.53. The molecule has 1 heterocycles. The van der Waals surface area contributed by atoms with Gasteiger partial charge in [0.05, 0.1) is 15.9 Å². The predicted octanol–water partition coefficient (Wildman–Crippen LogP) is 4.47. The molecule has 1 aromatic heterocycles. The lowest BCUT2D eigenvalue weighted by Crippen LogP contribution is -2.14. The summed E-state index contributed by atoms with van der Waals surface area (Å²) in [6.07, 6.45) is 1.55. The number of fused-ring (bicyclic) bond motifs is 1.